The Labute approximate surface area is 151 Å². The number of nitrogens with one attached hydrogen (secondary N) is 1. The zero-order valence-electron chi connectivity index (χ0n) is 13.6. The van der Waals surface area contributed by atoms with E-state index in [1.54, 1.807) is 12.1 Å². The number of para-hydroxylation sites is 1. The summed E-state index contributed by atoms with van der Waals surface area (Å²) in [7, 11) is 0. The van der Waals surface area contributed by atoms with Gasteiger partial charge in [0.2, 0.25) is 5.91 Å². The van der Waals surface area contributed by atoms with Gasteiger partial charge >= 0.3 is 0 Å². The molecule has 0 unspecified atom stereocenters. The summed E-state index contributed by atoms with van der Waals surface area (Å²) in [6.45, 7) is 0. The van der Waals surface area contributed by atoms with E-state index in [0.29, 0.717) is 11.5 Å². The summed E-state index contributed by atoms with van der Waals surface area (Å²) in [6, 6.07) is 24.1. The number of anilines is 1. The first-order chi connectivity index (χ1) is 12.2. The molecular weight excluding hydrogens is 333 g/mol. The van der Waals surface area contributed by atoms with Gasteiger partial charge in [-0.2, -0.15) is 0 Å². The van der Waals surface area contributed by atoms with Crippen LogP contribution in [0.15, 0.2) is 78.9 Å². The van der Waals surface area contributed by atoms with Crippen molar-refractivity contribution in [2.45, 2.75) is 5.75 Å². The van der Waals surface area contributed by atoms with Gasteiger partial charge in [0.1, 0.15) is 5.82 Å². The molecular formula is C21H18FNOS. The zero-order valence-corrected chi connectivity index (χ0v) is 14.4. The Kier molecular flexibility index (Phi) is 5.86. The van der Waals surface area contributed by atoms with Crippen LogP contribution in [0.5, 0.6) is 0 Å². The van der Waals surface area contributed by atoms with Gasteiger partial charge in [-0.3, -0.25) is 4.79 Å². The second kappa shape index (κ2) is 8.49. The first kappa shape index (κ1) is 17.2. The monoisotopic (exact) mass is 351 g/mol. The van der Waals surface area contributed by atoms with Crippen LogP contribution in [0.25, 0.3) is 11.1 Å². The highest BCUT2D eigenvalue weighted by atomic mass is 32.2. The quantitative estimate of drug-likeness (QED) is 0.647. The van der Waals surface area contributed by atoms with Crippen molar-refractivity contribution in [2.75, 3.05) is 11.1 Å². The normalized spacial score (nSPS) is 10.4. The lowest BCUT2D eigenvalue weighted by Gasteiger charge is -2.11. The van der Waals surface area contributed by atoms with Gasteiger partial charge < -0.3 is 5.32 Å². The number of carbonyl (C=O) groups excluding carboxylic acids is 1. The fraction of sp³-hybridized carbons (Fsp3) is 0.0952. The number of benzene rings is 3. The van der Waals surface area contributed by atoms with Crippen molar-refractivity contribution in [3.8, 4) is 11.1 Å². The van der Waals surface area contributed by atoms with E-state index in [2.05, 4.69) is 5.32 Å². The van der Waals surface area contributed by atoms with Crippen molar-refractivity contribution in [1.82, 2.24) is 0 Å². The zero-order chi connectivity index (χ0) is 17.5. The largest absolute Gasteiger partial charge is 0.325 e. The molecule has 3 aromatic carbocycles. The van der Waals surface area contributed by atoms with Crippen LogP contribution < -0.4 is 5.32 Å². The summed E-state index contributed by atoms with van der Waals surface area (Å²) in [6.07, 6.45) is 0. The number of carbonyl (C=O) groups is 1. The highest BCUT2D eigenvalue weighted by molar-refractivity contribution is 7.99. The van der Waals surface area contributed by atoms with Gasteiger partial charge in [-0.05, 0) is 29.3 Å². The van der Waals surface area contributed by atoms with E-state index >= 15 is 0 Å². The Morgan fingerprint density at radius 1 is 0.880 bits per heavy atom. The minimum atomic E-state index is -0.246. The molecule has 0 fully saturated rings. The lowest BCUT2D eigenvalue weighted by atomic mass is 10.0. The molecule has 0 saturated heterocycles. The van der Waals surface area contributed by atoms with Crippen LogP contribution in [-0.2, 0) is 10.5 Å². The van der Waals surface area contributed by atoms with E-state index in [4.69, 9.17) is 0 Å². The summed E-state index contributed by atoms with van der Waals surface area (Å²) in [5.41, 5.74) is 3.88. The Morgan fingerprint density at radius 2 is 1.56 bits per heavy atom. The molecule has 0 spiro atoms. The van der Waals surface area contributed by atoms with Crippen LogP contribution in [0.3, 0.4) is 0 Å². The molecule has 0 atom stereocenters. The number of thioether (sulfide) groups is 1. The van der Waals surface area contributed by atoms with E-state index in [1.807, 2.05) is 54.6 Å². The van der Waals surface area contributed by atoms with Gasteiger partial charge in [0, 0.05) is 17.0 Å². The molecule has 1 amide bonds. The first-order valence-corrected chi connectivity index (χ1v) is 9.14. The highest BCUT2D eigenvalue weighted by Crippen LogP contribution is 2.27. The molecule has 1 N–H and O–H groups in total. The lowest BCUT2D eigenvalue weighted by molar-refractivity contribution is -0.113. The predicted octanol–water partition coefficient (Wildman–Crippen LogP) is 5.36. The van der Waals surface area contributed by atoms with Crippen LogP contribution in [0, 0.1) is 5.82 Å². The maximum atomic E-state index is 12.9. The average Bonchev–Trinajstić information content (AvgIpc) is 2.64. The topological polar surface area (TPSA) is 29.1 Å². The van der Waals surface area contributed by atoms with Crippen molar-refractivity contribution in [3.05, 3.63) is 90.2 Å². The van der Waals surface area contributed by atoms with Gasteiger partial charge in [-0.1, -0.05) is 60.7 Å². The third kappa shape index (κ3) is 4.94. The van der Waals surface area contributed by atoms with Crippen LogP contribution in [-0.4, -0.2) is 11.7 Å². The number of hydrogen-bond donors (Lipinski definition) is 1. The van der Waals surface area contributed by atoms with E-state index in [1.165, 1.54) is 23.9 Å². The maximum Gasteiger partial charge on any atom is 0.234 e. The standard InChI is InChI=1S/C21H18FNOS/c22-18-12-10-16(11-13-18)14-25-15-21(24)23-20-9-5-4-8-19(20)17-6-2-1-3-7-17/h1-13H,14-15H2,(H,23,24). The Balaban J connectivity index is 1.59. The Hall–Kier alpha value is -2.59. The number of hydrogen-bond acceptors (Lipinski definition) is 2. The summed E-state index contributed by atoms with van der Waals surface area (Å²) < 4.78 is 12.9. The minimum Gasteiger partial charge on any atom is -0.325 e. The second-order valence-corrected chi connectivity index (χ2v) is 6.56. The molecule has 126 valence electrons. The van der Waals surface area contributed by atoms with Crippen LogP contribution >= 0.6 is 11.8 Å². The second-order valence-electron chi connectivity index (χ2n) is 5.58. The molecule has 0 heterocycles. The lowest BCUT2D eigenvalue weighted by Crippen LogP contribution is -2.14. The van der Waals surface area contributed by atoms with Crippen molar-refractivity contribution in [1.29, 1.82) is 0 Å². The maximum absolute atomic E-state index is 12.9. The SMILES string of the molecule is O=C(CSCc1ccc(F)cc1)Nc1ccccc1-c1ccccc1. The summed E-state index contributed by atoms with van der Waals surface area (Å²) in [5.74, 6) is 0.730. The third-order valence-electron chi connectivity index (χ3n) is 3.70. The molecule has 0 bridgehead atoms. The van der Waals surface area contributed by atoms with Crippen LogP contribution in [0.2, 0.25) is 0 Å². The van der Waals surface area contributed by atoms with E-state index < -0.39 is 0 Å². The summed E-state index contributed by atoms with van der Waals surface area (Å²) >= 11 is 1.51. The van der Waals surface area contributed by atoms with Gasteiger partial charge in [0.15, 0.2) is 0 Å². The van der Waals surface area contributed by atoms with Crippen molar-refractivity contribution in [2.24, 2.45) is 0 Å². The first-order valence-electron chi connectivity index (χ1n) is 7.99. The van der Waals surface area contributed by atoms with Crippen LogP contribution in [0.4, 0.5) is 10.1 Å². The van der Waals surface area contributed by atoms with Gasteiger partial charge in [0.25, 0.3) is 0 Å². The summed E-state index contributed by atoms with van der Waals surface area (Å²) in [4.78, 5) is 12.2. The van der Waals surface area contributed by atoms with Crippen molar-refractivity contribution < 1.29 is 9.18 Å². The van der Waals surface area contributed by atoms with E-state index in [0.717, 1.165) is 22.4 Å². The van der Waals surface area contributed by atoms with E-state index in [-0.39, 0.29) is 11.7 Å². The number of rotatable bonds is 6. The Bertz CT molecular complexity index is 834. The molecule has 0 aliphatic carbocycles. The highest BCUT2D eigenvalue weighted by Gasteiger charge is 2.08. The summed E-state index contributed by atoms with van der Waals surface area (Å²) in [5, 5.41) is 2.98. The molecule has 0 aliphatic rings. The number of halogens is 1. The molecule has 4 heteroatoms. The molecule has 2 nitrogen and oxygen atoms in total. The average molecular weight is 351 g/mol. The smallest absolute Gasteiger partial charge is 0.234 e. The van der Waals surface area contributed by atoms with Crippen molar-refractivity contribution >= 4 is 23.4 Å². The molecule has 3 rings (SSSR count). The van der Waals surface area contributed by atoms with E-state index in [9.17, 15) is 9.18 Å². The molecule has 0 aliphatic heterocycles. The van der Waals surface area contributed by atoms with Gasteiger partial charge in [-0.15, -0.1) is 11.8 Å². The van der Waals surface area contributed by atoms with Crippen molar-refractivity contribution in [3.63, 3.8) is 0 Å². The fourth-order valence-corrected chi connectivity index (χ4v) is 3.28. The molecule has 3 aromatic rings. The predicted molar refractivity (Wildman–Crippen MR) is 103 cm³/mol. The molecule has 0 radical (unpaired) electrons. The minimum absolute atomic E-state index is 0.0458. The molecule has 0 aromatic heterocycles. The number of amides is 1. The molecule has 0 saturated carbocycles. The molecule has 25 heavy (non-hydrogen) atoms. The third-order valence-corrected chi connectivity index (χ3v) is 4.70. The van der Waals surface area contributed by atoms with Crippen LogP contribution in [0.1, 0.15) is 5.56 Å². The van der Waals surface area contributed by atoms with Gasteiger partial charge in [0.05, 0.1) is 5.75 Å². The van der Waals surface area contributed by atoms with Gasteiger partial charge in [-0.25, -0.2) is 4.39 Å². The Morgan fingerprint density at radius 3 is 2.32 bits per heavy atom. The fourth-order valence-electron chi connectivity index (χ4n) is 2.49.